The van der Waals surface area contributed by atoms with Crippen LogP contribution in [0.5, 0.6) is 0 Å². The quantitative estimate of drug-likeness (QED) is 0.764. The molecule has 1 heterocycles. The fraction of sp³-hybridized carbons (Fsp3) is 0.800. The number of sulfone groups is 1. The third-order valence-electron chi connectivity index (χ3n) is 3.16. The minimum Gasteiger partial charge on any atom is -0.479 e. The van der Waals surface area contributed by atoms with E-state index in [1.165, 1.54) is 4.90 Å². The van der Waals surface area contributed by atoms with Crippen LogP contribution in [-0.4, -0.2) is 54.4 Å². The molecule has 0 aromatic rings. The Kier molecular flexibility index (Phi) is 3.81. The Bertz CT molecular complexity index is 430. The van der Waals surface area contributed by atoms with E-state index in [4.69, 9.17) is 0 Å². The van der Waals surface area contributed by atoms with Gasteiger partial charge >= 0.3 is 5.97 Å². The molecule has 17 heavy (non-hydrogen) atoms. The number of amides is 1. The lowest BCUT2D eigenvalue weighted by Gasteiger charge is -2.33. The van der Waals surface area contributed by atoms with E-state index in [1.54, 1.807) is 6.92 Å². The minimum atomic E-state index is -3.43. The number of carboxylic acids is 1. The second kappa shape index (κ2) is 4.64. The van der Waals surface area contributed by atoms with Gasteiger partial charge in [0.1, 0.15) is 11.3 Å². The van der Waals surface area contributed by atoms with Crippen molar-refractivity contribution >= 4 is 21.7 Å². The van der Waals surface area contributed by atoms with Crippen LogP contribution in [-0.2, 0) is 19.4 Å². The summed E-state index contributed by atoms with van der Waals surface area (Å²) in [7, 11) is -3.43. The van der Waals surface area contributed by atoms with Crippen molar-refractivity contribution in [2.24, 2.45) is 0 Å². The number of carbonyl (C=O) groups is 2. The van der Waals surface area contributed by atoms with Gasteiger partial charge in [-0.15, -0.1) is 0 Å². The molecule has 0 bridgehead atoms. The highest BCUT2D eigenvalue weighted by Crippen LogP contribution is 2.32. The Hall–Kier alpha value is -1.11. The van der Waals surface area contributed by atoms with E-state index < -0.39 is 33.0 Å². The summed E-state index contributed by atoms with van der Waals surface area (Å²) in [5.41, 5.74) is -1.22. The molecule has 0 spiro atoms. The molecule has 1 aliphatic heterocycles. The van der Waals surface area contributed by atoms with E-state index in [0.717, 1.165) is 6.26 Å². The van der Waals surface area contributed by atoms with E-state index in [9.17, 15) is 23.1 Å². The van der Waals surface area contributed by atoms with Gasteiger partial charge in [-0.1, -0.05) is 6.92 Å². The van der Waals surface area contributed by atoms with Gasteiger partial charge in [-0.3, -0.25) is 4.79 Å². The summed E-state index contributed by atoms with van der Waals surface area (Å²) in [6, 6.07) is 0. The van der Waals surface area contributed by atoms with Gasteiger partial charge < -0.3 is 10.0 Å². The highest BCUT2D eigenvalue weighted by molar-refractivity contribution is 7.91. The normalized spacial score (nSPS) is 24.9. The van der Waals surface area contributed by atoms with E-state index in [1.807, 2.05) is 0 Å². The molecule has 1 atom stereocenters. The van der Waals surface area contributed by atoms with Crippen molar-refractivity contribution in [3.8, 4) is 0 Å². The number of nitrogens with zero attached hydrogens (tertiary/aromatic N) is 1. The topological polar surface area (TPSA) is 91.8 Å². The molecule has 0 aliphatic carbocycles. The number of rotatable bonds is 4. The van der Waals surface area contributed by atoms with Crippen molar-refractivity contribution in [2.45, 2.75) is 31.7 Å². The first-order valence-electron chi connectivity index (χ1n) is 5.44. The van der Waals surface area contributed by atoms with Crippen LogP contribution in [0.3, 0.4) is 0 Å². The maximum Gasteiger partial charge on any atom is 0.329 e. The van der Waals surface area contributed by atoms with Gasteiger partial charge in [-0.2, -0.15) is 0 Å². The first-order valence-corrected chi connectivity index (χ1v) is 7.50. The van der Waals surface area contributed by atoms with E-state index in [0.29, 0.717) is 19.4 Å². The molecule has 1 amide bonds. The van der Waals surface area contributed by atoms with Gasteiger partial charge in [-0.05, 0) is 19.3 Å². The molecule has 1 aliphatic rings. The van der Waals surface area contributed by atoms with Gasteiger partial charge in [0.05, 0.1) is 0 Å². The number of likely N-dealkylation sites (tertiary alicyclic amines) is 1. The van der Waals surface area contributed by atoms with Crippen LogP contribution in [0.25, 0.3) is 0 Å². The van der Waals surface area contributed by atoms with Crippen LogP contribution in [0, 0.1) is 0 Å². The molecule has 1 unspecified atom stereocenters. The van der Waals surface area contributed by atoms with Gasteiger partial charge in [0, 0.05) is 12.8 Å². The summed E-state index contributed by atoms with van der Waals surface area (Å²) in [6.45, 7) is 2.01. The summed E-state index contributed by atoms with van der Waals surface area (Å²) in [5, 5.41) is 9.24. The van der Waals surface area contributed by atoms with Crippen molar-refractivity contribution in [3.63, 3.8) is 0 Å². The van der Waals surface area contributed by atoms with Crippen molar-refractivity contribution in [1.82, 2.24) is 4.90 Å². The Morgan fingerprint density at radius 1 is 1.41 bits per heavy atom. The van der Waals surface area contributed by atoms with Crippen LogP contribution in [0.1, 0.15) is 26.2 Å². The Morgan fingerprint density at radius 2 is 2.00 bits per heavy atom. The molecule has 0 aromatic carbocycles. The zero-order valence-corrected chi connectivity index (χ0v) is 10.8. The van der Waals surface area contributed by atoms with Crippen LogP contribution in [0.4, 0.5) is 0 Å². The lowest BCUT2D eigenvalue weighted by Crippen LogP contribution is -2.54. The fourth-order valence-electron chi connectivity index (χ4n) is 2.29. The van der Waals surface area contributed by atoms with Crippen LogP contribution in [0.15, 0.2) is 0 Å². The van der Waals surface area contributed by atoms with Crippen LogP contribution in [0.2, 0.25) is 0 Å². The number of carboxylic acid groups (broad SMARTS) is 1. The van der Waals surface area contributed by atoms with Crippen molar-refractivity contribution in [2.75, 3.05) is 18.6 Å². The van der Waals surface area contributed by atoms with E-state index in [-0.39, 0.29) is 6.42 Å². The first-order chi connectivity index (χ1) is 7.73. The summed E-state index contributed by atoms with van der Waals surface area (Å²) in [5.74, 6) is -2.30. The fourth-order valence-corrected chi connectivity index (χ4v) is 2.89. The Labute approximate surface area is 101 Å². The lowest BCUT2D eigenvalue weighted by atomic mass is 9.93. The first kappa shape index (κ1) is 14.0. The Balaban J connectivity index is 2.97. The van der Waals surface area contributed by atoms with Crippen LogP contribution >= 0.6 is 0 Å². The average Bonchev–Trinajstić information content (AvgIpc) is 2.59. The maximum absolute atomic E-state index is 11.8. The third kappa shape index (κ3) is 2.77. The molecule has 1 N–H and O–H groups in total. The largest absolute Gasteiger partial charge is 0.479 e. The molecule has 0 radical (unpaired) electrons. The highest BCUT2D eigenvalue weighted by Gasteiger charge is 2.48. The zero-order chi connectivity index (χ0) is 13.3. The summed E-state index contributed by atoms with van der Waals surface area (Å²) in [6.07, 6.45) is 2.23. The third-order valence-corrected chi connectivity index (χ3v) is 3.93. The molecule has 1 fully saturated rings. The summed E-state index contributed by atoms with van der Waals surface area (Å²) >= 11 is 0. The molecular weight excluding hydrogens is 246 g/mol. The SMILES string of the molecule is CCC1(C(=O)O)CCCN1C(=O)CS(C)(=O)=O. The second-order valence-corrected chi connectivity index (χ2v) is 6.55. The molecule has 0 aromatic heterocycles. The number of carbonyl (C=O) groups excluding carboxylic acids is 1. The molecule has 0 saturated carbocycles. The molecular formula is C10H17NO5S. The van der Waals surface area contributed by atoms with Gasteiger partial charge in [0.25, 0.3) is 0 Å². The highest BCUT2D eigenvalue weighted by atomic mass is 32.2. The van der Waals surface area contributed by atoms with E-state index in [2.05, 4.69) is 0 Å². The predicted octanol–water partition coefficient (Wildman–Crippen LogP) is -0.113. The van der Waals surface area contributed by atoms with Gasteiger partial charge in [0.2, 0.25) is 5.91 Å². The predicted molar refractivity (Wildman–Crippen MR) is 61.3 cm³/mol. The molecule has 1 saturated heterocycles. The smallest absolute Gasteiger partial charge is 0.329 e. The van der Waals surface area contributed by atoms with E-state index >= 15 is 0 Å². The minimum absolute atomic E-state index is 0.290. The maximum atomic E-state index is 11.8. The molecule has 1 rings (SSSR count). The van der Waals surface area contributed by atoms with Crippen LogP contribution < -0.4 is 0 Å². The van der Waals surface area contributed by atoms with Gasteiger partial charge in [-0.25, -0.2) is 13.2 Å². The van der Waals surface area contributed by atoms with Crippen molar-refractivity contribution in [3.05, 3.63) is 0 Å². The molecule has 6 nitrogen and oxygen atoms in total. The monoisotopic (exact) mass is 263 g/mol. The number of aliphatic carboxylic acids is 1. The van der Waals surface area contributed by atoms with Crippen molar-refractivity contribution in [1.29, 1.82) is 0 Å². The van der Waals surface area contributed by atoms with Gasteiger partial charge in [0.15, 0.2) is 9.84 Å². The summed E-state index contributed by atoms with van der Waals surface area (Å²) < 4.78 is 22.1. The standard InChI is InChI=1S/C10H17NO5S/c1-3-10(9(13)14)5-4-6-11(10)8(12)7-17(2,15)16/h3-7H2,1-2H3,(H,13,14). The number of hydrogen-bond donors (Lipinski definition) is 1. The molecule has 7 heteroatoms. The second-order valence-electron chi connectivity index (χ2n) is 4.41. The Morgan fingerprint density at radius 3 is 2.41 bits per heavy atom. The zero-order valence-electron chi connectivity index (χ0n) is 9.97. The summed E-state index contributed by atoms with van der Waals surface area (Å²) in [4.78, 5) is 24.3. The number of hydrogen-bond acceptors (Lipinski definition) is 4. The average molecular weight is 263 g/mol. The molecule has 98 valence electrons. The lowest BCUT2D eigenvalue weighted by molar-refractivity contribution is -0.155. The van der Waals surface area contributed by atoms with Crippen molar-refractivity contribution < 1.29 is 23.1 Å².